The minimum atomic E-state index is 0.496. The molecule has 122 valence electrons. The van der Waals surface area contributed by atoms with E-state index in [-0.39, 0.29) is 0 Å². The fourth-order valence-electron chi connectivity index (χ4n) is 2.34. The Morgan fingerprint density at radius 3 is 2.50 bits per heavy atom. The third kappa shape index (κ3) is 4.76. The topological polar surface area (TPSA) is 21.3 Å². The first-order valence-electron chi connectivity index (χ1n) is 7.65. The number of anilines is 1. The van der Waals surface area contributed by atoms with Gasteiger partial charge in [0, 0.05) is 27.3 Å². The van der Waals surface area contributed by atoms with Crippen LogP contribution in [0.15, 0.2) is 77.3 Å². The Kier molecular flexibility index (Phi) is 5.78. The van der Waals surface area contributed by atoms with E-state index in [4.69, 9.17) is 16.3 Å². The summed E-state index contributed by atoms with van der Waals surface area (Å²) in [6.07, 6.45) is 0. The van der Waals surface area contributed by atoms with Crippen LogP contribution in [-0.2, 0) is 13.2 Å². The van der Waals surface area contributed by atoms with Gasteiger partial charge in [0.05, 0.1) is 0 Å². The van der Waals surface area contributed by atoms with Gasteiger partial charge in [0.15, 0.2) is 0 Å². The van der Waals surface area contributed by atoms with Crippen molar-refractivity contribution in [2.24, 2.45) is 0 Å². The van der Waals surface area contributed by atoms with Gasteiger partial charge in [-0.15, -0.1) is 0 Å². The van der Waals surface area contributed by atoms with Crippen LogP contribution in [0.25, 0.3) is 0 Å². The number of para-hydroxylation sites is 1. The highest BCUT2D eigenvalue weighted by atomic mass is 79.9. The third-order valence-electron chi connectivity index (χ3n) is 3.58. The molecule has 0 aliphatic carbocycles. The number of hydrogen-bond donors (Lipinski definition) is 1. The Morgan fingerprint density at radius 2 is 1.71 bits per heavy atom. The van der Waals surface area contributed by atoms with Gasteiger partial charge in [-0.1, -0.05) is 57.9 Å². The zero-order chi connectivity index (χ0) is 16.8. The van der Waals surface area contributed by atoms with Crippen molar-refractivity contribution in [2.45, 2.75) is 13.2 Å². The minimum Gasteiger partial charge on any atom is -0.489 e. The summed E-state index contributed by atoms with van der Waals surface area (Å²) in [5.74, 6) is 0.877. The number of ether oxygens (including phenoxy) is 1. The van der Waals surface area contributed by atoms with Crippen LogP contribution in [0.2, 0.25) is 5.02 Å². The van der Waals surface area contributed by atoms with E-state index >= 15 is 0 Å². The van der Waals surface area contributed by atoms with Crippen molar-refractivity contribution in [1.82, 2.24) is 0 Å². The summed E-state index contributed by atoms with van der Waals surface area (Å²) < 4.78 is 7.05. The minimum absolute atomic E-state index is 0.496. The number of halogens is 2. The highest BCUT2D eigenvalue weighted by Crippen LogP contribution is 2.22. The van der Waals surface area contributed by atoms with E-state index in [0.29, 0.717) is 13.2 Å². The monoisotopic (exact) mass is 401 g/mol. The van der Waals surface area contributed by atoms with Crippen molar-refractivity contribution in [1.29, 1.82) is 0 Å². The Hall–Kier alpha value is -1.97. The van der Waals surface area contributed by atoms with Crippen molar-refractivity contribution in [3.63, 3.8) is 0 Å². The van der Waals surface area contributed by atoms with Crippen molar-refractivity contribution in [3.05, 3.63) is 93.4 Å². The van der Waals surface area contributed by atoms with Crippen LogP contribution in [0.1, 0.15) is 11.1 Å². The number of benzene rings is 3. The molecule has 0 aromatic heterocycles. The van der Waals surface area contributed by atoms with Crippen LogP contribution < -0.4 is 10.1 Å². The lowest BCUT2D eigenvalue weighted by atomic mass is 10.2. The number of rotatable bonds is 6. The molecule has 2 nitrogen and oxygen atoms in total. The second kappa shape index (κ2) is 8.22. The largest absolute Gasteiger partial charge is 0.489 e. The predicted molar refractivity (Wildman–Crippen MR) is 104 cm³/mol. The molecule has 0 spiro atoms. The van der Waals surface area contributed by atoms with Crippen molar-refractivity contribution >= 4 is 33.2 Å². The van der Waals surface area contributed by atoms with Gasteiger partial charge in [-0.3, -0.25) is 0 Å². The number of nitrogens with one attached hydrogen (secondary N) is 1. The quantitative estimate of drug-likeness (QED) is 0.523. The molecule has 1 N–H and O–H groups in total. The molecule has 0 fully saturated rings. The molecule has 4 heteroatoms. The molecule has 0 saturated heterocycles. The lowest BCUT2D eigenvalue weighted by molar-refractivity contribution is 0.303. The first-order chi connectivity index (χ1) is 11.7. The molecule has 0 atom stereocenters. The molecule has 0 radical (unpaired) electrons. The third-order valence-corrected chi connectivity index (χ3v) is 4.35. The van der Waals surface area contributed by atoms with Crippen LogP contribution in [0, 0.1) is 0 Å². The molecule has 0 bridgehead atoms. The van der Waals surface area contributed by atoms with Crippen molar-refractivity contribution in [2.75, 3.05) is 5.32 Å². The lowest BCUT2D eigenvalue weighted by Gasteiger charge is -2.13. The maximum atomic E-state index is 6.02. The van der Waals surface area contributed by atoms with E-state index < -0.39 is 0 Å². The van der Waals surface area contributed by atoms with Gasteiger partial charge >= 0.3 is 0 Å². The molecule has 0 amide bonds. The summed E-state index contributed by atoms with van der Waals surface area (Å²) in [7, 11) is 0. The van der Waals surface area contributed by atoms with Crippen LogP contribution in [0.4, 0.5) is 5.69 Å². The standard InChI is InChI=1S/C20H17BrClNO/c21-17-8-10-19(11-9-17)23-13-16-5-1-2-7-20(16)24-14-15-4-3-6-18(22)12-15/h1-12,23H,13-14H2. The Balaban J connectivity index is 1.65. The predicted octanol–water partition coefficient (Wildman–Crippen LogP) is 6.29. The van der Waals surface area contributed by atoms with Gasteiger partial charge < -0.3 is 10.1 Å². The smallest absolute Gasteiger partial charge is 0.124 e. The SMILES string of the molecule is Clc1cccc(COc2ccccc2CNc2ccc(Br)cc2)c1. The molecule has 0 aliphatic rings. The lowest BCUT2D eigenvalue weighted by Crippen LogP contribution is -2.03. The fraction of sp³-hybridized carbons (Fsp3) is 0.100. The molecule has 0 saturated carbocycles. The highest BCUT2D eigenvalue weighted by Gasteiger charge is 2.04. The molecule has 3 aromatic carbocycles. The molecule has 0 heterocycles. The Morgan fingerprint density at radius 1 is 0.917 bits per heavy atom. The molecule has 24 heavy (non-hydrogen) atoms. The molecule has 3 rings (SSSR count). The van der Waals surface area contributed by atoms with Gasteiger partial charge in [-0.05, 0) is 48.0 Å². The van der Waals surface area contributed by atoms with Gasteiger partial charge in [-0.2, -0.15) is 0 Å². The van der Waals surface area contributed by atoms with Gasteiger partial charge in [-0.25, -0.2) is 0 Å². The second-order valence-electron chi connectivity index (χ2n) is 5.39. The molecule has 3 aromatic rings. The van der Waals surface area contributed by atoms with E-state index in [1.165, 1.54) is 0 Å². The van der Waals surface area contributed by atoms with E-state index in [2.05, 4.69) is 27.3 Å². The van der Waals surface area contributed by atoms with Gasteiger partial charge in [0.25, 0.3) is 0 Å². The first-order valence-corrected chi connectivity index (χ1v) is 8.82. The Labute approximate surface area is 155 Å². The highest BCUT2D eigenvalue weighted by molar-refractivity contribution is 9.10. The van der Waals surface area contributed by atoms with Crippen LogP contribution in [0.5, 0.6) is 5.75 Å². The van der Waals surface area contributed by atoms with E-state index in [9.17, 15) is 0 Å². The Bertz CT molecular complexity index is 805. The molecule has 0 unspecified atom stereocenters. The molecular weight excluding hydrogens is 386 g/mol. The summed E-state index contributed by atoms with van der Waals surface area (Å²) in [5.41, 5.74) is 3.24. The summed E-state index contributed by atoms with van der Waals surface area (Å²) >= 11 is 9.46. The molecule has 0 aliphatic heterocycles. The fourth-order valence-corrected chi connectivity index (χ4v) is 2.82. The van der Waals surface area contributed by atoms with Gasteiger partial charge in [0.2, 0.25) is 0 Å². The zero-order valence-corrected chi connectivity index (χ0v) is 15.3. The summed E-state index contributed by atoms with van der Waals surface area (Å²) in [6, 6.07) is 23.9. The maximum Gasteiger partial charge on any atom is 0.124 e. The van der Waals surface area contributed by atoms with Crippen LogP contribution in [0.3, 0.4) is 0 Å². The van der Waals surface area contributed by atoms with Gasteiger partial charge in [0.1, 0.15) is 12.4 Å². The van der Waals surface area contributed by atoms with Crippen molar-refractivity contribution < 1.29 is 4.74 Å². The van der Waals surface area contributed by atoms with Crippen molar-refractivity contribution in [3.8, 4) is 5.75 Å². The second-order valence-corrected chi connectivity index (χ2v) is 6.74. The summed E-state index contributed by atoms with van der Waals surface area (Å²) in [5, 5.41) is 4.14. The number of hydrogen-bond acceptors (Lipinski definition) is 2. The maximum absolute atomic E-state index is 6.02. The summed E-state index contributed by atoms with van der Waals surface area (Å²) in [6.45, 7) is 1.20. The average molecular weight is 403 g/mol. The average Bonchev–Trinajstić information content (AvgIpc) is 2.60. The van der Waals surface area contributed by atoms with Crippen LogP contribution in [-0.4, -0.2) is 0 Å². The normalized spacial score (nSPS) is 10.4. The van der Waals surface area contributed by atoms with E-state index in [1.54, 1.807) is 0 Å². The molecular formula is C20H17BrClNO. The van der Waals surface area contributed by atoms with E-state index in [1.807, 2.05) is 66.7 Å². The van der Waals surface area contributed by atoms with E-state index in [0.717, 1.165) is 32.1 Å². The summed E-state index contributed by atoms with van der Waals surface area (Å²) in [4.78, 5) is 0. The first kappa shape index (κ1) is 16.9. The van der Waals surface area contributed by atoms with Crippen LogP contribution >= 0.6 is 27.5 Å². The zero-order valence-electron chi connectivity index (χ0n) is 13.0.